The second-order valence-electron chi connectivity index (χ2n) is 4.65. The van der Waals surface area contributed by atoms with Crippen molar-refractivity contribution in [3.05, 3.63) is 29.8 Å². The first-order chi connectivity index (χ1) is 8.76. The van der Waals surface area contributed by atoms with Gasteiger partial charge in [0.1, 0.15) is 5.75 Å². The van der Waals surface area contributed by atoms with E-state index in [4.69, 9.17) is 4.74 Å². The quantitative estimate of drug-likeness (QED) is 0.682. The smallest absolute Gasteiger partial charge is 0.119 e. The van der Waals surface area contributed by atoms with Crippen LogP contribution < -0.4 is 10.1 Å². The molecule has 0 saturated carbocycles. The van der Waals surface area contributed by atoms with Gasteiger partial charge >= 0.3 is 0 Å². The second-order valence-corrected chi connectivity index (χ2v) is 4.65. The predicted molar refractivity (Wildman–Crippen MR) is 77.1 cm³/mol. The van der Waals surface area contributed by atoms with Crippen LogP contribution in [0.1, 0.15) is 25.3 Å². The van der Waals surface area contributed by atoms with E-state index in [2.05, 4.69) is 36.3 Å². The summed E-state index contributed by atoms with van der Waals surface area (Å²) < 4.78 is 5.24. The lowest BCUT2D eigenvalue weighted by molar-refractivity contribution is 0.317. The molecule has 0 atom stereocenters. The molecule has 0 aliphatic rings. The van der Waals surface area contributed by atoms with E-state index in [-0.39, 0.29) is 0 Å². The maximum absolute atomic E-state index is 5.24. The Labute approximate surface area is 111 Å². The van der Waals surface area contributed by atoms with Gasteiger partial charge in [0.2, 0.25) is 0 Å². The molecule has 0 unspecified atom stereocenters. The number of unbranched alkanes of at least 4 members (excludes halogenated alkanes) is 1. The summed E-state index contributed by atoms with van der Waals surface area (Å²) in [6.07, 6.45) is 2.49. The molecule has 1 rings (SSSR count). The van der Waals surface area contributed by atoms with Crippen molar-refractivity contribution < 1.29 is 4.74 Å². The van der Waals surface area contributed by atoms with Gasteiger partial charge in [0.15, 0.2) is 0 Å². The lowest BCUT2D eigenvalue weighted by Gasteiger charge is -2.17. The molecule has 0 aliphatic carbocycles. The Hall–Kier alpha value is -1.06. The molecular weight excluding hydrogens is 224 g/mol. The fraction of sp³-hybridized carbons (Fsp3) is 0.600. The van der Waals surface area contributed by atoms with Gasteiger partial charge in [-0.1, -0.05) is 19.1 Å². The average Bonchev–Trinajstić information content (AvgIpc) is 2.38. The van der Waals surface area contributed by atoms with Crippen molar-refractivity contribution in [2.24, 2.45) is 0 Å². The summed E-state index contributed by atoms with van der Waals surface area (Å²) in [5.74, 6) is 0.938. The Morgan fingerprint density at radius 1 is 1.28 bits per heavy atom. The fourth-order valence-corrected chi connectivity index (χ4v) is 1.97. The van der Waals surface area contributed by atoms with E-state index >= 15 is 0 Å². The van der Waals surface area contributed by atoms with Crippen LogP contribution in [-0.4, -0.2) is 38.7 Å². The van der Waals surface area contributed by atoms with E-state index in [1.165, 1.54) is 18.4 Å². The molecule has 0 heterocycles. The first kappa shape index (κ1) is 15.0. The van der Waals surface area contributed by atoms with Gasteiger partial charge < -0.3 is 15.0 Å². The summed E-state index contributed by atoms with van der Waals surface area (Å²) in [6.45, 7) is 6.47. The maximum atomic E-state index is 5.24. The molecule has 0 aliphatic heterocycles. The highest BCUT2D eigenvalue weighted by Crippen LogP contribution is 2.13. The summed E-state index contributed by atoms with van der Waals surface area (Å²) in [7, 11) is 3.89. The minimum absolute atomic E-state index is 0.938. The minimum Gasteiger partial charge on any atom is -0.497 e. The molecule has 0 radical (unpaired) electrons. The molecule has 0 saturated heterocycles. The molecule has 3 heteroatoms. The number of benzene rings is 1. The van der Waals surface area contributed by atoms with Crippen molar-refractivity contribution in [1.29, 1.82) is 0 Å². The maximum Gasteiger partial charge on any atom is 0.119 e. The molecular formula is C15H26N2O. The number of nitrogens with one attached hydrogen (secondary N) is 1. The van der Waals surface area contributed by atoms with Crippen molar-refractivity contribution in [1.82, 2.24) is 10.2 Å². The van der Waals surface area contributed by atoms with Gasteiger partial charge in [0.05, 0.1) is 7.11 Å². The first-order valence-corrected chi connectivity index (χ1v) is 6.78. The number of methoxy groups -OCH3 is 1. The zero-order valence-electron chi connectivity index (χ0n) is 11.9. The summed E-state index contributed by atoms with van der Waals surface area (Å²) in [4.78, 5) is 2.36. The molecule has 1 aromatic carbocycles. The number of nitrogens with zero attached hydrogens (tertiary/aromatic N) is 1. The van der Waals surface area contributed by atoms with Gasteiger partial charge in [-0.3, -0.25) is 0 Å². The SMILES string of the molecule is CCNCCCCN(C)Cc1cccc(OC)c1. The topological polar surface area (TPSA) is 24.5 Å². The van der Waals surface area contributed by atoms with Crippen LogP contribution in [0, 0.1) is 0 Å². The second kappa shape index (κ2) is 8.95. The average molecular weight is 250 g/mol. The third kappa shape index (κ3) is 6.03. The highest BCUT2D eigenvalue weighted by molar-refractivity contribution is 5.28. The molecule has 1 aromatic rings. The van der Waals surface area contributed by atoms with E-state index in [0.29, 0.717) is 0 Å². The lowest BCUT2D eigenvalue weighted by Crippen LogP contribution is -2.21. The standard InChI is InChI=1S/C15H26N2O/c1-4-16-10-5-6-11-17(2)13-14-8-7-9-15(12-14)18-3/h7-9,12,16H,4-6,10-11,13H2,1-3H3. The van der Waals surface area contributed by atoms with Crippen molar-refractivity contribution in [3.63, 3.8) is 0 Å². The Kier molecular flexibility index (Phi) is 7.46. The summed E-state index contributed by atoms with van der Waals surface area (Å²) in [6, 6.07) is 8.29. The normalized spacial score (nSPS) is 10.9. The third-order valence-corrected chi connectivity index (χ3v) is 2.98. The van der Waals surface area contributed by atoms with Crippen LogP contribution >= 0.6 is 0 Å². The predicted octanol–water partition coefficient (Wildman–Crippen LogP) is 2.52. The van der Waals surface area contributed by atoms with Gasteiger partial charge in [0, 0.05) is 6.54 Å². The van der Waals surface area contributed by atoms with E-state index in [9.17, 15) is 0 Å². The lowest BCUT2D eigenvalue weighted by atomic mass is 10.2. The number of hydrogen-bond acceptors (Lipinski definition) is 3. The van der Waals surface area contributed by atoms with Crippen molar-refractivity contribution in [2.45, 2.75) is 26.3 Å². The zero-order valence-corrected chi connectivity index (χ0v) is 11.9. The van der Waals surface area contributed by atoms with Crippen LogP contribution in [0.15, 0.2) is 24.3 Å². The van der Waals surface area contributed by atoms with Crippen LogP contribution in [0.2, 0.25) is 0 Å². The third-order valence-electron chi connectivity index (χ3n) is 2.98. The number of rotatable bonds is 9. The van der Waals surface area contributed by atoms with E-state index < -0.39 is 0 Å². The minimum atomic E-state index is 0.938. The first-order valence-electron chi connectivity index (χ1n) is 6.78. The Morgan fingerprint density at radius 2 is 2.11 bits per heavy atom. The van der Waals surface area contributed by atoms with Crippen molar-refractivity contribution in [2.75, 3.05) is 33.8 Å². The molecule has 102 valence electrons. The summed E-state index contributed by atoms with van der Waals surface area (Å²) >= 11 is 0. The molecule has 0 spiro atoms. The molecule has 3 nitrogen and oxygen atoms in total. The largest absolute Gasteiger partial charge is 0.497 e. The summed E-state index contributed by atoms with van der Waals surface area (Å²) in [5.41, 5.74) is 1.31. The molecule has 0 fully saturated rings. The molecule has 0 amide bonds. The molecule has 0 bridgehead atoms. The van der Waals surface area contributed by atoms with Crippen LogP contribution in [0.4, 0.5) is 0 Å². The Bertz CT molecular complexity index is 328. The van der Waals surface area contributed by atoms with Gasteiger partial charge in [-0.25, -0.2) is 0 Å². The van der Waals surface area contributed by atoms with E-state index in [0.717, 1.165) is 31.9 Å². The zero-order chi connectivity index (χ0) is 13.2. The summed E-state index contributed by atoms with van der Waals surface area (Å²) in [5, 5.41) is 3.35. The van der Waals surface area contributed by atoms with Crippen LogP contribution in [0.3, 0.4) is 0 Å². The van der Waals surface area contributed by atoms with E-state index in [1.807, 2.05) is 12.1 Å². The van der Waals surface area contributed by atoms with Crippen molar-refractivity contribution >= 4 is 0 Å². The molecule has 1 N–H and O–H groups in total. The van der Waals surface area contributed by atoms with Gasteiger partial charge in [0.25, 0.3) is 0 Å². The van der Waals surface area contributed by atoms with Crippen LogP contribution in [0.25, 0.3) is 0 Å². The van der Waals surface area contributed by atoms with Gasteiger partial charge in [-0.05, 0) is 57.2 Å². The van der Waals surface area contributed by atoms with Crippen LogP contribution in [0.5, 0.6) is 5.75 Å². The number of hydrogen-bond donors (Lipinski definition) is 1. The highest BCUT2D eigenvalue weighted by Gasteiger charge is 2.01. The van der Waals surface area contributed by atoms with Crippen molar-refractivity contribution in [3.8, 4) is 5.75 Å². The van der Waals surface area contributed by atoms with Crippen LogP contribution in [-0.2, 0) is 6.54 Å². The van der Waals surface area contributed by atoms with E-state index in [1.54, 1.807) is 7.11 Å². The fourth-order valence-electron chi connectivity index (χ4n) is 1.97. The Balaban J connectivity index is 2.24. The highest BCUT2D eigenvalue weighted by atomic mass is 16.5. The Morgan fingerprint density at radius 3 is 2.83 bits per heavy atom. The monoisotopic (exact) mass is 250 g/mol. The molecule has 18 heavy (non-hydrogen) atoms. The number of ether oxygens (including phenoxy) is 1. The van der Waals surface area contributed by atoms with Gasteiger partial charge in [-0.2, -0.15) is 0 Å². The van der Waals surface area contributed by atoms with Gasteiger partial charge in [-0.15, -0.1) is 0 Å². The molecule has 0 aromatic heterocycles.